The predicted molar refractivity (Wildman–Crippen MR) is 288 cm³/mol. The number of hydrogen-bond acceptors (Lipinski definition) is 4. The van der Waals surface area contributed by atoms with Gasteiger partial charge in [-0.15, -0.1) is 53.6 Å². The van der Waals surface area contributed by atoms with E-state index in [2.05, 4.69) is 250 Å². The summed E-state index contributed by atoms with van der Waals surface area (Å²) in [5, 5.41) is 10.4. The minimum atomic E-state index is -0.0632. The molecule has 0 N–H and O–H groups in total. The topological polar surface area (TPSA) is 33.5 Å². The SMILES string of the molecule is Cc1cccc(C)c1-c1cc(Oc2[c-]c3c(cc2)c2ccccc2n3-c2nc3ccc4ccccc4c3c3c2ccc2ccccc23)[c-]c(N2[CH-]N(c3ccccc3C(C)(C)C)c3ccccc32)c1.[Pt]. The molecule has 0 atom stereocenters. The molecule has 0 fully saturated rings. The van der Waals surface area contributed by atoms with Gasteiger partial charge in [0, 0.05) is 71.3 Å². The average molecular weight is 1080 g/mol. The van der Waals surface area contributed by atoms with Crippen molar-refractivity contribution in [2.24, 2.45) is 0 Å². The van der Waals surface area contributed by atoms with Gasteiger partial charge in [0.25, 0.3) is 0 Å². The van der Waals surface area contributed by atoms with Crippen LogP contribution in [-0.4, -0.2) is 9.55 Å². The van der Waals surface area contributed by atoms with Crippen LogP contribution < -0.4 is 14.5 Å². The summed E-state index contributed by atoms with van der Waals surface area (Å²) in [6.45, 7) is 13.4. The van der Waals surface area contributed by atoms with E-state index in [4.69, 9.17) is 9.72 Å². The maximum Gasteiger partial charge on any atom is 0.144 e. The van der Waals surface area contributed by atoms with Crippen LogP contribution in [-0.2, 0) is 26.5 Å². The molecule has 1 aliphatic heterocycles. The molecule has 13 rings (SSSR count). The van der Waals surface area contributed by atoms with Crippen molar-refractivity contribution in [1.29, 1.82) is 0 Å². The van der Waals surface area contributed by atoms with E-state index in [0.717, 1.165) is 72.2 Å². The average Bonchev–Trinajstić information content (AvgIpc) is 3.91. The maximum atomic E-state index is 7.04. The molecule has 0 bridgehead atoms. The summed E-state index contributed by atoms with van der Waals surface area (Å²) >= 11 is 0. The number of hydrogen-bond donors (Lipinski definition) is 0. The Balaban J connectivity index is 0.00000505. The van der Waals surface area contributed by atoms with Gasteiger partial charge in [-0.2, -0.15) is 6.07 Å². The summed E-state index contributed by atoms with van der Waals surface area (Å²) in [4.78, 5) is 10.1. The number of aromatic nitrogens is 2. The van der Waals surface area contributed by atoms with Crippen molar-refractivity contribution >= 4 is 87.8 Å². The van der Waals surface area contributed by atoms with E-state index >= 15 is 0 Å². The van der Waals surface area contributed by atoms with Crippen molar-refractivity contribution in [3.63, 3.8) is 0 Å². The van der Waals surface area contributed by atoms with E-state index in [9.17, 15) is 0 Å². The fraction of sp³-hybridized carbons (Fsp3) is 0.0938. The Morgan fingerprint density at radius 2 is 1.13 bits per heavy atom. The van der Waals surface area contributed by atoms with Crippen molar-refractivity contribution in [2.75, 3.05) is 9.80 Å². The fourth-order valence-electron chi connectivity index (χ4n) is 10.9. The summed E-state index contributed by atoms with van der Waals surface area (Å²) in [5.74, 6) is 2.03. The Hall–Kier alpha value is -7.72. The van der Waals surface area contributed by atoms with Crippen LogP contribution in [0.1, 0.15) is 37.5 Å². The van der Waals surface area contributed by atoms with Crippen molar-refractivity contribution in [3.8, 4) is 28.4 Å². The van der Waals surface area contributed by atoms with Gasteiger partial charge in [-0.3, -0.25) is 0 Å². The van der Waals surface area contributed by atoms with Crippen molar-refractivity contribution in [1.82, 2.24) is 9.55 Å². The van der Waals surface area contributed by atoms with Crippen LogP contribution in [0, 0.1) is 32.6 Å². The molecule has 0 saturated heterocycles. The molecule has 2 aromatic heterocycles. The molecule has 0 saturated carbocycles. The van der Waals surface area contributed by atoms with Crippen molar-refractivity contribution in [3.05, 3.63) is 224 Å². The number of rotatable bonds is 6. The number of anilines is 4. The zero-order chi connectivity index (χ0) is 46.5. The molecule has 0 radical (unpaired) electrons. The van der Waals surface area contributed by atoms with Gasteiger partial charge in [-0.05, 0) is 105 Å². The number of benzene rings is 10. The smallest absolute Gasteiger partial charge is 0.144 e. The van der Waals surface area contributed by atoms with Crippen LogP contribution in [0.15, 0.2) is 188 Å². The maximum absolute atomic E-state index is 7.04. The zero-order valence-electron chi connectivity index (χ0n) is 39.5. The van der Waals surface area contributed by atoms with Gasteiger partial charge in [0.05, 0.1) is 5.52 Å². The zero-order valence-corrected chi connectivity index (χ0v) is 41.8. The van der Waals surface area contributed by atoms with Crippen LogP contribution in [0.4, 0.5) is 22.7 Å². The summed E-state index contributed by atoms with van der Waals surface area (Å²) < 4.78 is 9.33. The van der Waals surface area contributed by atoms with E-state index in [1.54, 1.807) is 0 Å². The molecule has 6 heteroatoms. The molecule has 0 unspecified atom stereocenters. The summed E-state index contributed by atoms with van der Waals surface area (Å²) in [5.41, 5.74) is 12.9. The number of nitrogens with zero attached hydrogens (tertiary/aromatic N) is 4. The number of ether oxygens (including phenoxy) is 1. The first-order chi connectivity index (χ1) is 33.7. The van der Waals surface area contributed by atoms with Crippen LogP contribution in [0.25, 0.3) is 82.0 Å². The quantitative estimate of drug-likeness (QED) is 0.123. The van der Waals surface area contributed by atoms with Gasteiger partial charge in [0.1, 0.15) is 5.82 Å². The van der Waals surface area contributed by atoms with Gasteiger partial charge in [-0.25, -0.2) is 4.98 Å². The Morgan fingerprint density at radius 1 is 0.514 bits per heavy atom. The van der Waals surface area contributed by atoms with Gasteiger partial charge in [-0.1, -0.05) is 154 Å². The molecule has 1 aliphatic rings. The van der Waals surface area contributed by atoms with Gasteiger partial charge in [0.2, 0.25) is 0 Å². The molecule has 5 nitrogen and oxygen atoms in total. The van der Waals surface area contributed by atoms with Crippen molar-refractivity contribution in [2.45, 2.75) is 40.0 Å². The van der Waals surface area contributed by atoms with Crippen LogP contribution in [0.5, 0.6) is 11.5 Å². The first-order valence-corrected chi connectivity index (χ1v) is 23.7. The number of para-hydroxylation sites is 4. The van der Waals surface area contributed by atoms with Crippen LogP contribution in [0.3, 0.4) is 0 Å². The fourth-order valence-corrected chi connectivity index (χ4v) is 10.9. The molecule has 0 amide bonds. The first-order valence-electron chi connectivity index (χ1n) is 23.7. The van der Waals surface area contributed by atoms with E-state index in [1.165, 1.54) is 49.2 Å². The van der Waals surface area contributed by atoms with Crippen LogP contribution >= 0.6 is 0 Å². The third kappa shape index (κ3) is 6.97. The van der Waals surface area contributed by atoms with Crippen LogP contribution in [0.2, 0.25) is 0 Å². The molecule has 70 heavy (non-hydrogen) atoms. The minimum Gasteiger partial charge on any atom is -0.509 e. The second-order valence-electron chi connectivity index (χ2n) is 19.4. The van der Waals surface area contributed by atoms with Crippen molar-refractivity contribution < 1.29 is 25.8 Å². The van der Waals surface area contributed by atoms with Gasteiger partial charge < -0.3 is 19.1 Å². The minimum absolute atomic E-state index is 0. The third-order valence-electron chi connectivity index (χ3n) is 14.0. The monoisotopic (exact) mass is 1080 g/mol. The number of fused-ring (bicyclic) bond motifs is 11. The molecule has 3 heterocycles. The number of pyridine rings is 1. The molecule has 0 aliphatic carbocycles. The standard InChI is InChI=1S/C64H47N4O.Pt/c1-40-17-16-18-41(2)60(40)44-35-45(66-39-67(58-28-15-14-27-57(58)66)56-26-13-11-24-53(56)64(3,4)5)37-47(36-44)69-46-31-33-51-50-23-10-12-25-55(50)68(59(51)38-46)63-52-32-29-42-19-6-8-21-48(42)61(52)62-49-22-9-7-20-43(49)30-34-54(62)65-63;/h6-36,39H,1-5H3;/q-3;. The molecule has 12 aromatic rings. The van der Waals surface area contributed by atoms with Gasteiger partial charge in [0.15, 0.2) is 0 Å². The first kappa shape index (κ1) is 43.6. The molecular weight excluding hydrogens is 1040 g/mol. The summed E-state index contributed by atoms with van der Waals surface area (Å²) in [6, 6.07) is 74.6. The summed E-state index contributed by atoms with van der Waals surface area (Å²) in [6.07, 6.45) is 0. The third-order valence-corrected chi connectivity index (χ3v) is 14.0. The second-order valence-corrected chi connectivity index (χ2v) is 19.4. The Morgan fingerprint density at radius 3 is 1.87 bits per heavy atom. The van der Waals surface area contributed by atoms with E-state index < -0.39 is 0 Å². The number of aryl methyl sites for hydroxylation is 2. The molecule has 342 valence electrons. The summed E-state index contributed by atoms with van der Waals surface area (Å²) in [7, 11) is 0. The molecule has 10 aromatic carbocycles. The Bertz CT molecular complexity index is 4050. The van der Waals surface area contributed by atoms with E-state index in [0.29, 0.717) is 11.5 Å². The second kappa shape index (κ2) is 16.8. The van der Waals surface area contributed by atoms with E-state index in [1.807, 2.05) is 6.07 Å². The molecular formula is C64H47N4OPt-3. The Labute approximate surface area is 422 Å². The largest absolute Gasteiger partial charge is 0.509 e. The van der Waals surface area contributed by atoms with Gasteiger partial charge >= 0.3 is 0 Å². The van der Waals surface area contributed by atoms with E-state index in [-0.39, 0.29) is 26.5 Å². The molecule has 0 spiro atoms. The predicted octanol–water partition coefficient (Wildman–Crippen LogP) is 17.2. The Kier molecular flexibility index (Phi) is 10.4. The normalized spacial score (nSPS) is 12.7.